The molecule has 2 aromatic rings. The number of hydrogen-bond acceptors (Lipinski definition) is 2. The quantitative estimate of drug-likeness (QED) is 0.777. The van der Waals surface area contributed by atoms with E-state index < -0.39 is 6.10 Å². The number of nitrogens with zero attached hydrogens (tertiary/aromatic N) is 2. The maximum absolute atomic E-state index is 9.67. The topological polar surface area (TPSA) is 38.0 Å². The molecule has 1 unspecified atom stereocenters. The molecular formula is C13H14N2O. The van der Waals surface area contributed by atoms with Crippen LogP contribution in [0.4, 0.5) is 0 Å². The second kappa shape index (κ2) is 4.38. The van der Waals surface area contributed by atoms with Gasteiger partial charge < -0.3 is 9.67 Å². The zero-order valence-corrected chi connectivity index (χ0v) is 9.44. The van der Waals surface area contributed by atoms with Crippen LogP contribution in [0.2, 0.25) is 0 Å². The van der Waals surface area contributed by atoms with E-state index in [0.29, 0.717) is 12.4 Å². The zero-order chi connectivity index (χ0) is 11.5. The van der Waals surface area contributed by atoms with E-state index >= 15 is 0 Å². The summed E-state index contributed by atoms with van der Waals surface area (Å²) in [6, 6.07) is 7.84. The summed E-state index contributed by atoms with van der Waals surface area (Å²) < 4.78 is 1.95. The smallest absolute Gasteiger partial charge is 0.139 e. The number of rotatable bonds is 2. The van der Waals surface area contributed by atoms with Gasteiger partial charge in [-0.15, -0.1) is 5.92 Å². The largest absolute Gasteiger partial charge is 0.385 e. The minimum absolute atomic E-state index is 0.567. The Kier molecular flexibility index (Phi) is 2.93. The molecule has 82 valence electrons. The summed E-state index contributed by atoms with van der Waals surface area (Å²) >= 11 is 0. The molecule has 0 aliphatic rings. The molecule has 0 spiro atoms. The molecular weight excluding hydrogens is 200 g/mol. The normalized spacial score (nSPS) is 12.2. The van der Waals surface area contributed by atoms with Gasteiger partial charge in [0.05, 0.1) is 17.6 Å². The molecule has 0 aliphatic carbocycles. The maximum atomic E-state index is 9.67. The van der Waals surface area contributed by atoms with Gasteiger partial charge in [-0.05, 0) is 26.0 Å². The first kappa shape index (κ1) is 10.7. The van der Waals surface area contributed by atoms with Crippen LogP contribution in [0, 0.1) is 11.8 Å². The molecule has 1 heterocycles. The van der Waals surface area contributed by atoms with E-state index in [1.807, 2.05) is 28.8 Å². The van der Waals surface area contributed by atoms with Gasteiger partial charge in [0.25, 0.3) is 0 Å². The van der Waals surface area contributed by atoms with Gasteiger partial charge in [-0.1, -0.05) is 18.1 Å². The molecule has 1 atom stereocenters. The number of aliphatic hydroxyl groups excluding tert-OH is 1. The van der Waals surface area contributed by atoms with E-state index in [1.54, 1.807) is 13.8 Å². The second-order valence-electron chi connectivity index (χ2n) is 3.65. The lowest BCUT2D eigenvalue weighted by Gasteiger charge is -2.06. The molecule has 16 heavy (non-hydrogen) atoms. The highest BCUT2D eigenvalue weighted by atomic mass is 16.3. The highest BCUT2D eigenvalue weighted by molar-refractivity contribution is 5.76. The van der Waals surface area contributed by atoms with E-state index in [0.717, 1.165) is 11.0 Å². The van der Waals surface area contributed by atoms with Crippen molar-refractivity contribution in [2.24, 2.45) is 0 Å². The Labute approximate surface area is 94.7 Å². The number of para-hydroxylation sites is 2. The van der Waals surface area contributed by atoms with Crippen LogP contribution in [0.3, 0.4) is 0 Å². The van der Waals surface area contributed by atoms with Gasteiger partial charge in [0.2, 0.25) is 0 Å². The van der Waals surface area contributed by atoms with Crippen LogP contribution in [0.15, 0.2) is 24.3 Å². The number of benzene rings is 1. The fraction of sp³-hybridized carbons (Fsp3) is 0.308. The maximum Gasteiger partial charge on any atom is 0.139 e. The highest BCUT2D eigenvalue weighted by Crippen LogP contribution is 2.20. The molecule has 0 amide bonds. The summed E-state index contributed by atoms with van der Waals surface area (Å²) in [6.45, 7) is 4.09. The molecule has 1 aromatic carbocycles. The third-order valence-electron chi connectivity index (χ3n) is 2.47. The van der Waals surface area contributed by atoms with Crippen LogP contribution < -0.4 is 0 Å². The SMILES string of the molecule is CC#CCn1c(C(C)O)nc2ccccc21. The summed E-state index contributed by atoms with van der Waals surface area (Å²) in [5, 5.41) is 9.67. The molecule has 0 radical (unpaired) electrons. The average molecular weight is 214 g/mol. The lowest BCUT2D eigenvalue weighted by Crippen LogP contribution is -2.05. The fourth-order valence-corrected chi connectivity index (χ4v) is 1.74. The average Bonchev–Trinajstić information content (AvgIpc) is 2.65. The van der Waals surface area contributed by atoms with Crippen molar-refractivity contribution < 1.29 is 5.11 Å². The number of fused-ring (bicyclic) bond motifs is 1. The van der Waals surface area contributed by atoms with Crippen molar-refractivity contribution in [3.63, 3.8) is 0 Å². The first-order valence-electron chi connectivity index (χ1n) is 5.27. The zero-order valence-electron chi connectivity index (χ0n) is 9.44. The van der Waals surface area contributed by atoms with Gasteiger partial charge in [-0.3, -0.25) is 0 Å². The molecule has 2 rings (SSSR count). The van der Waals surface area contributed by atoms with Crippen LogP contribution >= 0.6 is 0 Å². The van der Waals surface area contributed by atoms with E-state index in [1.165, 1.54) is 0 Å². The summed E-state index contributed by atoms with van der Waals surface area (Å²) in [5.41, 5.74) is 1.91. The number of aliphatic hydroxyl groups is 1. The number of imidazole rings is 1. The Morgan fingerprint density at radius 3 is 2.88 bits per heavy atom. The Morgan fingerprint density at radius 2 is 2.19 bits per heavy atom. The Bertz CT molecular complexity index is 558. The van der Waals surface area contributed by atoms with Crippen molar-refractivity contribution in [3.05, 3.63) is 30.1 Å². The van der Waals surface area contributed by atoms with Crippen molar-refractivity contribution >= 4 is 11.0 Å². The van der Waals surface area contributed by atoms with Crippen molar-refractivity contribution in [2.45, 2.75) is 26.5 Å². The number of aromatic nitrogens is 2. The molecule has 0 fully saturated rings. The third-order valence-corrected chi connectivity index (χ3v) is 2.47. The van der Waals surface area contributed by atoms with Gasteiger partial charge in [-0.25, -0.2) is 4.98 Å². The van der Waals surface area contributed by atoms with Gasteiger partial charge in [0.15, 0.2) is 0 Å². The first-order valence-corrected chi connectivity index (χ1v) is 5.27. The Balaban J connectivity index is 2.62. The first-order chi connectivity index (χ1) is 7.74. The summed E-state index contributed by atoms with van der Waals surface area (Å²) in [5.74, 6) is 6.53. The van der Waals surface area contributed by atoms with Gasteiger partial charge in [-0.2, -0.15) is 0 Å². The van der Waals surface area contributed by atoms with Crippen molar-refractivity contribution in [2.75, 3.05) is 0 Å². The van der Waals surface area contributed by atoms with E-state index in [-0.39, 0.29) is 0 Å². The van der Waals surface area contributed by atoms with Crippen molar-refractivity contribution in [3.8, 4) is 11.8 Å². The van der Waals surface area contributed by atoms with Crippen LogP contribution in [0.1, 0.15) is 25.8 Å². The van der Waals surface area contributed by atoms with E-state index in [4.69, 9.17) is 0 Å². The van der Waals surface area contributed by atoms with Crippen LogP contribution in [-0.4, -0.2) is 14.7 Å². The van der Waals surface area contributed by atoms with Crippen LogP contribution in [0.25, 0.3) is 11.0 Å². The molecule has 0 aliphatic heterocycles. The molecule has 3 nitrogen and oxygen atoms in total. The second-order valence-corrected chi connectivity index (χ2v) is 3.65. The molecule has 0 saturated carbocycles. The minimum atomic E-state index is -0.578. The summed E-state index contributed by atoms with van der Waals surface area (Å²) in [7, 11) is 0. The minimum Gasteiger partial charge on any atom is -0.385 e. The molecule has 1 aromatic heterocycles. The van der Waals surface area contributed by atoms with Crippen molar-refractivity contribution in [1.82, 2.24) is 9.55 Å². The highest BCUT2D eigenvalue weighted by Gasteiger charge is 2.13. The van der Waals surface area contributed by atoms with Gasteiger partial charge in [0.1, 0.15) is 11.9 Å². The predicted molar refractivity (Wildman–Crippen MR) is 63.8 cm³/mol. The lowest BCUT2D eigenvalue weighted by atomic mass is 10.3. The molecule has 1 N–H and O–H groups in total. The van der Waals surface area contributed by atoms with E-state index in [9.17, 15) is 5.11 Å². The summed E-state index contributed by atoms with van der Waals surface area (Å²) in [4.78, 5) is 4.41. The predicted octanol–water partition coefficient (Wildman–Crippen LogP) is 2.11. The third kappa shape index (κ3) is 1.80. The standard InChI is InChI=1S/C13H14N2O/c1-3-4-9-15-12-8-6-5-7-11(12)14-13(15)10(2)16/h5-8,10,16H,9H2,1-2H3. The lowest BCUT2D eigenvalue weighted by molar-refractivity contribution is 0.185. The molecule has 3 heteroatoms. The molecule has 0 bridgehead atoms. The van der Waals surface area contributed by atoms with Crippen LogP contribution in [-0.2, 0) is 6.54 Å². The monoisotopic (exact) mass is 214 g/mol. The fourth-order valence-electron chi connectivity index (χ4n) is 1.74. The van der Waals surface area contributed by atoms with Gasteiger partial charge >= 0.3 is 0 Å². The Hall–Kier alpha value is -1.79. The molecule has 0 saturated heterocycles. The van der Waals surface area contributed by atoms with E-state index in [2.05, 4.69) is 16.8 Å². The van der Waals surface area contributed by atoms with Gasteiger partial charge in [0, 0.05) is 0 Å². The Morgan fingerprint density at radius 1 is 1.44 bits per heavy atom. The van der Waals surface area contributed by atoms with Crippen LogP contribution in [0.5, 0.6) is 0 Å². The summed E-state index contributed by atoms with van der Waals surface area (Å²) in [6.07, 6.45) is -0.578. The van der Waals surface area contributed by atoms with Crippen molar-refractivity contribution in [1.29, 1.82) is 0 Å². The number of hydrogen-bond donors (Lipinski definition) is 1.